The fourth-order valence-electron chi connectivity index (χ4n) is 3.59. The van der Waals surface area contributed by atoms with Crippen LogP contribution in [-0.4, -0.2) is 69.6 Å². The van der Waals surface area contributed by atoms with E-state index in [4.69, 9.17) is 4.74 Å². The highest BCUT2D eigenvalue weighted by Crippen LogP contribution is 2.20. The number of likely N-dealkylation sites (N-methyl/N-ethyl adjacent to an activating group) is 1. The number of piperidine rings is 1. The second kappa shape index (κ2) is 10.3. The quantitative estimate of drug-likeness (QED) is 0.470. The second-order valence-corrected chi connectivity index (χ2v) is 7.29. The molecule has 0 aromatic heterocycles. The number of benzene rings is 1. The number of aliphatic imine (C=N–C) groups is 1. The minimum Gasteiger partial charge on any atom is -0.469 e. The molecule has 1 aromatic rings. The van der Waals surface area contributed by atoms with Crippen molar-refractivity contribution < 1.29 is 9.53 Å². The fraction of sp³-hybridized carbons (Fsp3) is 0.619. The van der Waals surface area contributed by atoms with Crippen LogP contribution in [0.15, 0.2) is 29.3 Å². The summed E-state index contributed by atoms with van der Waals surface area (Å²) in [6.45, 7) is 4.59. The Labute approximate surface area is 163 Å². The van der Waals surface area contributed by atoms with Crippen LogP contribution >= 0.6 is 0 Å². The van der Waals surface area contributed by atoms with Gasteiger partial charge in [-0.1, -0.05) is 31.2 Å². The summed E-state index contributed by atoms with van der Waals surface area (Å²) in [7, 11) is 7.48. The number of nitrogens with one attached hydrogen (secondary N) is 1. The Kier molecular flexibility index (Phi) is 8.10. The summed E-state index contributed by atoms with van der Waals surface area (Å²) >= 11 is 0. The van der Waals surface area contributed by atoms with Crippen molar-refractivity contribution in [3.8, 4) is 0 Å². The third-order valence-corrected chi connectivity index (χ3v) is 5.39. The predicted molar refractivity (Wildman–Crippen MR) is 110 cm³/mol. The summed E-state index contributed by atoms with van der Waals surface area (Å²) in [5.41, 5.74) is 2.65. The summed E-state index contributed by atoms with van der Waals surface area (Å²) in [4.78, 5) is 20.6. The molecule has 0 spiro atoms. The summed E-state index contributed by atoms with van der Waals surface area (Å²) in [6.07, 6.45) is 2.67. The van der Waals surface area contributed by atoms with Crippen molar-refractivity contribution in [2.45, 2.75) is 32.2 Å². The Morgan fingerprint density at radius 1 is 1.30 bits per heavy atom. The number of guanidine groups is 1. The number of likely N-dealkylation sites (tertiary alicyclic amines) is 1. The van der Waals surface area contributed by atoms with E-state index in [2.05, 4.69) is 65.4 Å². The van der Waals surface area contributed by atoms with E-state index in [-0.39, 0.29) is 17.9 Å². The van der Waals surface area contributed by atoms with Gasteiger partial charge in [-0.05, 0) is 44.5 Å². The minimum absolute atomic E-state index is 0.0101. The van der Waals surface area contributed by atoms with Crippen LogP contribution in [0.4, 0.5) is 0 Å². The van der Waals surface area contributed by atoms with Crippen LogP contribution in [0.25, 0.3) is 0 Å². The number of esters is 1. The molecule has 1 aliphatic heterocycles. The molecule has 0 bridgehead atoms. The van der Waals surface area contributed by atoms with Crippen molar-refractivity contribution in [1.29, 1.82) is 0 Å². The molecular weight excluding hydrogens is 340 g/mol. The van der Waals surface area contributed by atoms with Crippen LogP contribution < -0.4 is 5.32 Å². The molecule has 0 saturated carbocycles. The van der Waals surface area contributed by atoms with Gasteiger partial charge in [0.15, 0.2) is 5.96 Å². The van der Waals surface area contributed by atoms with Crippen LogP contribution in [-0.2, 0) is 16.0 Å². The first kappa shape index (κ1) is 21.2. The van der Waals surface area contributed by atoms with Gasteiger partial charge in [-0.25, -0.2) is 0 Å². The zero-order valence-electron chi connectivity index (χ0n) is 17.4. The van der Waals surface area contributed by atoms with Gasteiger partial charge in [-0.15, -0.1) is 0 Å². The molecule has 0 radical (unpaired) electrons. The number of hydrogen-bond acceptors (Lipinski definition) is 4. The molecule has 1 aliphatic rings. The number of ether oxygens (including phenoxy) is 1. The van der Waals surface area contributed by atoms with Crippen molar-refractivity contribution in [2.24, 2.45) is 10.9 Å². The highest BCUT2D eigenvalue weighted by molar-refractivity contribution is 5.80. The van der Waals surface area contributed by atoms with Crippen molar-refractivity contribution >= 4 is 11.9 Å². The summed E-state index contributed by atoms with van der Waals surface area (Å²) in [6, 6.07) is 9.11. The second-order valence-electron chi connectivity index (χ2n) is 7.29. The molecule has 1 atom stereocenters. The molecule has 1 unspecified atom stereocenters. The first-order valence-electron chi connectivity index (χ1n) is 9.78. The largest absolute Gasteiger partial charge is 0.469 e. The molecule has 2 rings (SSSR count). The van der Waals surface area contributed by atoms with Crippen molar-refractivity contribution in [2.75, 3.05) is 47.9 Å². The van der Waals surface area contributed by atoms with Crippen molar-refractivity contribution in [3.05, 3.63) is 35.4 Å². The van der Waals surface area contributed by atoms with E-state index in [0.717, 1.165) is 44.9 Å². The molecule has 1 aromatic carbocycles. The number of carbonyl (C=O) groups excluding carboxylic acids is 1. The average molecular weight is 375 g/mol. The van der Waals surface area contributed by atoms with E-state index < -0.39 is 0 Å². The third kappa shape index (κ3) is 5.70. The fourth-order valence-corrected chi connectivity index (χ4v) is 3.59. The van der Waals surface area contributed by atoms with E-state index in [1.54, 1.807) is 0 Å². The summed E-state index contributed by atoms with van der Waals surface area (Å²) in [5.74, 6) is 0.812. The molecule has 0 amide bonds. The SMILES string of the molecule is CCc1ccc(C(CNC(=NC)N2CCC(C(=O)OC)CC2)N(C)C)cc1. The van der Waals surface area contributed by atoms with Gasteiger partial charge < -0.3 is 19.9 Å². The van der Waals surface area contributed by atoms with E-state index in [1.807, 2.05) is 7.05 Å². The third-order valence-electron chi connectivity index (χ3n) is 5.39. The van der Waals surface area contributed by atoms with Gasteiger partial charge >= 0.3 is 5.97 Å². The number of hydrogen-bond donors (Lipinski definition) is 1. The summed E-state index contributed by atoms with van der Waals surface area (Å²) < 4.78 is 4.87. The number of aryl methyl sites for hydroxylation is 1. The Balaban J connectivity index is 1.95. The number of rotatable bonds is 6. The van der Waals surface area contributed by atoms with Crippen LogP contribution in [0.5, 0.6) is 0 Å². The molecule has 1 fully saturated rings. The molecule has 27 heavy (non-hydrogen) atoms. The normalized spacial score (nSPS) is 17.1. The Morgan fingerprint density at radius 2 is 1.93 bits per heavy atom. The van der Waals surface area contributed by atoms with Crippen LogP contribution in [0.2, 0.25) is 0 Å². The van der Waals surface area contributed by atoms with Crippen LogP contribution in [0.3, 0.4) is 0 Å². The topological polar surface area (TPSA) is 57.2 Å². The Bertz CT molecular complexity index is 620. The lowest BCUT2D eigenvalue weighted by molar-refractivity contribution is -0.146. The van der Waals surface area contributed by atoms with Gasteiger partial charge in [0, 0.05) is 26.7 Å². The van der Waals surface area contributed by atoms with E-state index >= 15 is 0 Å². The number of nitrogens with zero attached hydrogens (tertiary/aromatic N) is 3. The summed E-state index contributed by atoms with van der Waals surface area (Å²) in [5, 5.41) is 3.52. The minimum atomic E-state index is -0.0965. The lowest BCUT2D eigenvalue weighted by atomic mass is 9.97. The smallest absolute Gasteiger partial charge is 0.308 e. The molecule has 1 heterocycles. The number of carbonyl (C=O) groups is 1. The number of methoxy groups -OCH3 is 1. The highest BCUT2D eigenvalue weighted by atomic mass is 16.5. The van der Waals surface area contributed by atoms with Crippen LogP contribution in [0, 0.1) is 5.92 Å². The van der Waals surface area contributed by atoms with Gasteiger partial charge in [0.1, 0.15) is 0 Å². The molecule has 150 valence electrons. The molecule has 1 saturated heterocycles. The molecule has 0 aliphatic carbocycles. The predicted octanol–water partition coefficient (Wildman–Crippen LogP) is 2.31. The Hall–Kier alpha value is -2.08. The maximum Gasteiger partial charge on any atom is 0.308 e. The Morgan fingerprint density at radius 3 is 2.41 bits per heavy atom. The standard InChI is InChI=1S/C21H34N4O2/c1-6-16-7-9-17(10-8-16)19(24(3)4)15-23-21(22-2)25-13-11-18(12-14-25)20(26)27-5/h7-10,18-19H,6,11-15H2,1-5H3,(H,22,23). The van der Waals surface area contributed by atoms with Gasteiger partial charge in [-0.2, -0.15) is 0 Å². The zero-order valence-corrected chi connectivity index (χ0v) is 17.4. The van der Waals surface area contributed by atoms with Gasteiger partial charge in [0.2, 0.25) is 0 Å². The van der Waals surface area contributed by atoms with Crippen molar-refractivity contribution in [1.82, 2.24) is 15.1 Å². The lowest BCUT2D eigenvalue weighted by Gasteiger charge is -2.34. The first-order valence-corrected chi connectivity index (χ1v) is 9.78. The first-order chi connectivity index (χ1) is 13.0. The maximum atomic E-state index is 11.7. The highest BCUT2D eigenvalue weighted by Gasteiger charge is 2.27. The van der Waals surface area contributed by atoms with E-state index in [0.29, 0.717) is 0 Å². The monoisotopic (exact) mass is 374 g/mol. The zero-order chi connectivity index (χ0) is 19.8. The maximum absolute atomic E-state index is 11.7. The molecule has 6 heteroatoms. The van der Waals surface area contributed by atoms with Gasteiger partial charge in [0.25, 0.3) is 0 Å². The van der Waals surface area contributed by atoms with E-state index in [9.17, 15) is 4.79 Å². The lowest BCUT2D eigenvalue weighted by Crippen LogP contribution is -2.48. The van der Waals surface area contributed by atoms with E-state index in [1.165, 1.54) is 18.2 Å². The molecule has 6 nitrogen and oxygen atoms in total. The van der Waals surface area contributed by atoms with Crippen LogP contribution in [0.1, 0.15) is 36.9 Å². The molecule has 1 N–H and O–H groups in total. The molecular formula is C21H34N4O2. The van der Waals surface area contributed by atoms with Crippen molar-refractivity contribution in [3.63, 3.8) is 0 Å². The average Bonchev–Trinajstić information content (AvgIpc) is 2.71. The van der Waals surface area contributed by atoms with Gasteiger partial charge in [-0.3, -0.25) is 9.79 Å². The van der Waals surface area contributed by atoms with Gasteiger partial charge in [0.05, 0.1) is 19.1 Å².